The van der Waals surface area contributed by atoms with Crippen molar-refractivity contribution in [1.82, 2.24) is 0 Å². The summed E-state index contributed by atoms with van der Waals surface area (Å²) in [6.07, 6.45) is 6.50. The zero-order valence-electron chi connectivity index (χ0n) is 12.5. The van der Waals surface area contributed by atoms with E-state index in [0.717, 1.165) is 5.56 Å². The maximum absolute atomic E-state index is 9.66. The second-order valence-corrected chi connectivity index (χ2v) is 5.58. The first-order chi connectivity index (χ1) is 10.3. The van der Waals surface area contributed by atoms with Gasteiger partial charge in [-0.05, 0) is 36.0 Å². The summed E-state index contributed by atoms with van der Waals surface area (Å²) in [6, 6.07) is 17.8. The summed E-state index contributed by atoms with van der Waals surface area (Å²) in [5.41, 5.74) is 7.69. The highest BCUT2D eigenvalue weighted by molar-refractivity contribution is 5.34. The molecule has 3 rings (SSSR count). The monoisotopic (exact) mass is 283 g/mol. The van der Waals surface area contributed by atoms with E-state index in [2.05, 4.69) is 6.07 Å². The van der Waals surface area contributed by atoms with E-state index in [1.807, 2.05) is 42.5 Å². The van der Waals surface area contributed by atoms with Crippen LogP contribution < -0.4 is 5.73 Å². The molecule has 112 valence electrons. The molecule has 3 N–H and O–H groups in total. The molecule has 0 radical (unpaired) electrons. The van der Waals surface area contributed by atoms with E-state index in [1.54, 1.807) is 6.07 Å². The van der Waals surface area contributed by atoms with Crippen molar-refractivity contribution in [3.63, 3.8) is 0 Å². The number of phenols is 1. The molecule has 1 aliphatic rings. The Labute approximate surface area is 127 Å². The van der Waals surface area contributed by atoms with Crippen molar-refractivity contribution in [2.24, 2.45) is 5.73 Å². The third-order valence-corrected chi connectivity index (χ3v) is 4.06. The summed E-state index contributed by atoms with van der Waals surface area (Å²) in [4.78, 5) is 0. The smallest absolute Gasteiger partial charge is 0.119 e. The zero-order chi connectivity index (χ0) is 14.9. The predicted octanol–water partition coefficient (Wildman–Crippen LogP) is 4.59. The molecule has 0 saturated heterocycles. The van der Waals surface area contributed by atoms with Crippen LogP contribution >= 0.6 is 0 Å². The SMILES string of the molecule is NCc1ccccc1.Oc1ccccc1C1CCCCC1. The number of nitrogens with two attached hydrogens (primary N) is 1. The third kappa shape index (κ3) is 4.91. The zero-order valence-corrected chi connectivity index (χ0v) is 12.5. The Morgan fingerprint density at radius 3 is 2.05 bits per heavy atom. The second kappa shape index (κ2) is 8.48. The molecule has 1 fully saturated rings. The molecule has 0 unspecified atom stereocenters. The molecule has 2 nitrogen and oxygen atoms in total. The minimum Gasteiger partial charge on any atom is -0.508 e. The number of benzene rings is 2. The maximum Gasteiger partial charge on any atom is 0.119 e. The van der Waals surface area contributed by atoms with Gasteiger partial charge in [-0.15, -0.1) is 0 Å². The van der Waals surface area contributed by atoms with Crippen LogP contribution in [0.4, 0.5) is 0 Å². The summed E-state index contributed by atoms with van der Waals surface area (Å²) >= 11 is 0. The molecule has 2 aromatic carbocycles. The molecular weight excluding hydrogens is 258 g/mol. The summed E-state index contributed by atoms with van der Waals surface area (Å²) in [7, 11) is 0. The lowest BCUT2D eigenvalue weighted by Crippen LogP contribution is -2.04. The van der Waals surface area contributed by atoms with Gasteiger partial charge in [0.1, 0.15) is 5.75 Å². The van der Waals surface area contributed by atoms with Crippen molar-refractivity contribution in [1.29, 1.82) is 0 Å². The van der Waals surface area contributed by atoms with Crippen molar-refractivity contribution in [2.45, 2.75) is 44.6 Å². The van der Waals surface area contributed by atoms with E-state index in [9.17, 15) is 5.11 Å². The third-order valence-electron chi connectivity index (χ3n) is 4.06. The average molecular weight is 283 g/mol. The molecule has 2 heteroatoms. The molecule has 2 aromatic rings. The van der Waals surface area contributed by atoms with Gasteiger partial charge in [-0.3, -0.25) is 0 Å². The molecule has 1 saturated carbocycles. The molecule has 0 bridgehead atoms. The lowest BCUT2D eigenvalue weighted by Gasteiger charge is -2.22. The van der Waals surface area contributed by atoms with Gasteiger partial charge in [-0.2, -0.15) is 0 Å². The minimum atomic E-state index is 0.481. The Balaban J connectivity index is 0.000000173. The van der Waals surface area contributed by atoms with Crippen LogP contribution in [0.15, 0.2) is 54.6 Å². The first kappa shape index (κ1) is 15.6. The van der Waals surface area contributed by atoms with Gasteiger partial charge < -0.3 is 10.8 Å². The fourth-order valence-corrected chi connectivity index (χ4v) is 2.86. The van der Waals surface area contributed by atoms with E-state index in [1.165, 1.54) is 37.7 Å². The van der Waals surface area contributed by atoms with Crippen molar-refractivity contribution in [3.8, 4) is 5.75 Å². The van der Waals surface area contributed by atoms with Crippen LogP contribution in [0.25, 0.3) is 0 Å². The Bertz CT molecular complexity index is 518. The lowest BCUT2D eigenvalue weighted by molar-refractivity contribution is 0.414. The molecule has 0 aromatic heterocycles. The molecule has 21 heavy (non-hydrogen) atoms. The first-order valence-electron chi connectivity index (χ1n) is 7.83. The molecule has 0 atom stereocenters. The van der Waals surface area contributed by atoms with Crippen molar-refractivity contribution in [2.75, 3.05) is 0 Å². The van der Waals surface area contributed by atoms with E-state index < -0.39 is 0 Å². The van der Waals surface area contributed by atoms with Crippen LogP contribution in [0.1, 0.15) is 49.1 Å². The van der Waals surface area contributed by atoms with Crippen LogP contribution in [0, 0.1) is 0 Å². The van der Waals surface area contributed by atoms with Crippen molar-refractivity contribution < 1.29 is 5.11 Å². The number of hydrogen-bond donors (Lipinski definition) is 2. The molecule has 1 aliphatic carbocycles. The van der Waals surface area contributed by atoms with Gasteiger partial charge in [0, 0.05) is 6.54 Å². The quantitative estimate of drug-likeness (QED) is 0.847. The van der Waals surface area contributed by atoms with Gasteiger partial charge in [0.25, 0.3) is 0 Å². The Morgan fingerprint density at radius 1 is 0.857 bits per heavy atom. The highest BCUT2D eigenvalue weighted by Crippen LogP contribution is 2.36. The van der Waals surface area contributed by atoms with Gasteiger partial charge in [0.15, 0.2) is 0 Å². The second-order valence-electron chi connectivity index (χ2n) is 5.58. The maximum atomic E-state index is 9.66. The fourth-order valence-electron chi connectivity index (χ4n) is 2.86. The van der Waals surface area contributed by atoms with Gasteiger partial charge in [-0.1, -0.05) is 67.8 Å². The van der Waals surface area contributed by atoms with Crippen LogP contribution in [0.5, 0.6) is 5.75 Å². The van der Waals surface area contributed by atoms with E-state index in [-0.39, 0.29) is 0 Å². The number of rotatable bonds is 2. The van der Waals surface area contributed by atoms with E-state index >= 15 is 0 Å². The molecule has 0 heterocycles. The fraction of sp³-hybridized carbons (Fsp3) is 0.368. The topological polar surface area (TPSA) is 46.2 Å². The van der Waals surface area contributed by atoms with E-state index in [0.29, 0.717) is 18.2 Å². The van der Waals surface area contributed by atoms with Gasteiger partial charge in [-0.25, -0.2) is 0 Å². The molecular formula is C19H25NO. The molecule has 0 amide bonds. The number of phenolic OH excluding ortho intramolecular Hbond substituents is 1. The number of aromatic hydroxyl groups is 1. The van der Waals surface area contributed by atoms with Crippen molar-refractivity contribution in [3.05, 3.63) is 65.7 Å². The highest BCUT2D eigenvalue weighted by atomic mass is 16.3. The van der Waals surface area contributed by atoms with Crippen LogP contribution in [-0.2, 0) is 6.54 Å². The van der Waals surface area contributed by atoms with E-state index in [4.69, 9.17) is 5.73 Å². The van der Waals surface area contributed by atoms with Gasteiger partial charge in [0.2, 0.25) is 0 Å². The van der Waals surface area contributed by atoms with Gasteiger partial charge in [0.05, 0.1) is 0 Å². The number of hydrogen-bond acceptors (Lipinski definition) is 2. The Hall–Kier alpha value is -1.80. The summed E-state index contributed by atoms with van der Waals surface area (Å²) < 4.78 is 0. The number of para-hydroxylation sites is 1. The lowest BCUT2D eigenvalue weighted by atomic mass is 9.84. The highest BCUT2D eigenvalue weighted by Gasteiger charge is 2.17. The Morgan fingerprint density at radius 2 is 1.48 bits per heavy atom. The van der Waals surface area contributed by atoms with Crippen LogP contribution in [0.3, 0.4) is 0 Å². The summed E-state index contributed by atoms with van der Waals surface area (Å²) in [5, 5.41) is 9.66. The van der Waals surface area contributed by atoms with Crippen LogP contribution in [0.2, 0.25) is 0 Å². The van der Waals surface area contributed by atoms with Crippen molar-refractivity contribution >= 4 is 0 Å². The summed E-state index contributed by atoms with van der Waals surface area (Å²) in [6.45, 7) is 0.640. The normalized spacial score (nSPS) is 15.1. The van der Waals surface area contributed by atoms with Gasteiger partial charge >= 0.3 is 0 Å². The minimum absolute atomic E-state index is 0.481. The predicted molar refractivity (Wildman–Crippen MR) is 88.3 cm³/mol. The molecule has 0 aliphatic heterocycles. The summed E-state index contributed by atoms with van der Waals surface area (Å²) in [5.74, 6) is 1.09. The Kier molecular flexibility index (Phi) is 6.29. The largest absolute Gasteiger partial charge is 0.508 e. The average Bonchev–Trinajstić information content (AvgIpc) is 2.57. The molecule has 0 spiro atoms. The standard InChI is InChI=1S/C12H16O.C7H9N/c13-12-9-5-4-8-11(12)10-6-2-1-3-7-10;8-6-7-4-2-1-3-5-7/h4-5,8-10,13H,1-3,6-7H2;1-5H,6,8H2. The first-order valence-corrected chi connectivity index (χ1v) is 7.83. The van der Waals surface area contributed by atoms with Crippen LogP contribution in [-0.4, -0.2) is 5.11 Å².